The number of fused-ring (bicyclic) bond motifs is 1. The maximum Gasteiger partial charge on any atom is 0.137 e. The summed E-state index contributed by atoms with van der Waals surface area (Å²) in [5, 5.41) is 0. The largest absolute Gasteiger partial charge is 0.494 e. The average Bonchev–Trinajstić information content (AvgIpc) is 2.89. The van der Waals surface area contributed by atoms with Crippen LogP contribution in [0.25, 0.3) is 16.9 Å². The van der Waals surface area contributed by atoms with Crippen molar-refractivity contribution in [2.24, 2.45) is 0 Å². The summed E-state index contributed by atoms with van der Waals surface area (Å²) in [6, 6.07) is 11.8. The molecule has 2 aromatic heterocycles. The van der Waals surface area contributed by atoms with Gasteiger partial charge in [0, 0.05) is 17.5 Å². The topological polar surface area (TPSA) is 52.5 Å². The number of ether oxygens (including phenoxy) is 1. The van der Waals surface area contributed by atoms with Crippen molar-refractivity contribution in [2.75, 3.05) is 12.3 Å². The van der Waals surface area contributed by atoms with E-state index in [1.165, 1.54) is 0 Å². The maximum absolute atomic E-state index is 5.92. The van der Waals surface area contributed by atoms with E-state index in [0.717, 1.165) is 34.0 Å². The lowest BCUT2D eigenvalue weighted by Gasteiger charge is -2.03. The third-order valence-electron chi connectivity index (χ3n) is 3.39. The molecule has 0 radical (unpaired) electrons. The van der Waals surface area contributed by atoms with E-state index in [9.17, 15) is 0 Å². The van der Waals surface area contributed by atoms with Gasteiger partial charge in [-0.25, -0.2) is 4.98 Å². The number of aromatic nitrogens is 2. The van der Waals surface area contributed by atoms with E-state index in [4.69, 9.17) is 10.5 Å². The molecule has 3 rings (SSSR count). The Kier molecular flexibility index (Phi) is 3.06. The molecule has 0 bridgehead atoms. The highest BCUT2D eigenvalue weighted by molar-refractivity contribution is 5.65. The van der Waals surface area contributed by atoms with Gasteiger partial charge in [0.2, 0.25) is 0 Å². The fourth-order valence-electron chi connectivity index (χ4n) is 2.23. The zero-order valence-electron chi connectivity index (χ0n) is 11.6. The molecule has 102 valence electrons. The highest BCUT2D eigenvalue weighted by Gasteiger charge is 2.07. The minimum Gasteiger partial charge on any atom is -0.494 e. The zero-order valence-corrected chi connectivity index (χ0v) is 11.6. The van der Waals surface area contributed by atoms with Gasteiger partial charge in [-0.2, -0.15) is 0 Å². The zero-order chi connectivity index (χ0) is 14.1. The van der Waals surface area contributed by atoms with Gasteiger partial charge in [0.05, 0.1) is 18.0 Å². The Hall–Kier alpha value is -2.49. The highest BCUT2D eigenvalue weighted by Crippen LogP contribution is 2.24. The molecule has 0 amide bonds. The molecule has 0 saturated carbocycles. The van der Waals surface area contributed by atoms with Gasteiger partial charge >= 0.3 is 0 Å². The number of hydrogen-bond donors (Lipinski definition) is 1. The first-order valence-electron chi connectivity index (χ1n) is 6.66. The van der Waals surface area contributed by atoms with E-state index in [2.05, 4.69) is 4.98 Å². The summed E-state index contributed by atoms with van der Waals surface area (Å²) in [7, 11) is 0. The molecule has 0 aliphatic rings. The summed E-state index contributed by atoms with van der Waals surface area (Å²) in [6.07, 6.45) is 2.01. The van der Waals surface area contributed by atoms with Crippen molar-refractivity contribution in [3.63, 3.8) is 0 Å². The van der Waals surface area contributed by atoms with Crippen molar-refractivity contribution >= 4 is 11.3 Å². The normalized spacial score (nSPS) is 10.9. The van der Waals surface area contributed by atoms with Crippen LogP contribution in [0, 0.1) is 6.92 Å². The Morgan fingerprint density at radius 1 is 1.15 bits per heavy atom. The predicted octanol–water partition coefficient (Wildman–Crippen LogP) is 3.29. The number of aryl methyl sites for hydroxylation is 1. The fourth-order valence-corrected chi connectivity index (χ4v) is 2.23. The molecule has 1 aromatic carbocycles. The molecular formula is C16H17N3O. The van der Waals surface area contributed by atoms with Crippen LogP contribution in [0.15, 0.2) is 42.6 Å². The third kappa shape index (κ3) is 2.09. The molecule has 2 heterocycles. The molecule has 0 saturated heterocycles. The van der Waals surface area contributed by atoms with E-state index >= 15 is 0 Å². The smallest absolute Gasteiger partial charge is 0.137 e. The molecule has 0 spiro atoms. The highest BCUT2D eigenvalue weighted by atomic mass is 16.5. The minimum atomic E-state index is 0.673. The Morgan fingerprint density at radius 2 is 1.90 bits per heavy atom. The Labute approximate surface area is 117 Å². The van der Waals surface area contributed by atoms with Crippen LogP contribution < -0.4 is 10.5 Å². The van der Waals surface area contributed by atoms with Gasteiger partial charge in [-0.1, -0.05) is 0 Å². The molecule has 0 aliphatic carbocycles. The van der Waals surface area contributed by atoms with Gasteiger partial charge in [0.15, 0.2) is 0 Å². The number of imidazole rings is 1. The monoisotopic (exact) mass is 267 g/mol. The van der Waals surface area contributed by atoms with Crippen molar-refractivity contribution in [1.82, 2.24) is 9.38 Å². The van der Waals surface area contributed by atoms with Gasteiger partial charge in [0.25, 0.3) is 0 Å². The van der Waals surface area contributed by atoms with Gasteiger partial charge in [-0.3, -0.25) is 0 Å². The summed E-state index contributed by atoms with van der Waals surface area (Å²) in [4.78, 5) is 4.63. The first-order chi connectivity index (χ1) is 9.69. The number of rotatable bonds is 3. The lowest BCUT2D eigenvalue weighted by atomic mass is 10.2. The summed E-state index contributed by atoms with van der Waals surface area (Å²) in [6.45, 7) is 4.64. The van der Waals surface area contributed by atoms with Crippen LogP contribution in [0.4, 0.5) is 5.69 Å². The first kappa shape index (κ1) is 12.5. The molecule has 0 aliphatic heterocycles. The molecule has 2 N–H and O–H groups in total. The quantitative estimate of drug-likeness (QED) is 0.792. The van der Waals surface area contributed by atoms with Crippen LogP contribution in [0.2, 0.25) is 0 Å². The van der Waals surface area contributed by atoms with Crippen molar-refractivity contribution < 1.29 is 4.74 Å². The SMILES string of the molecule is CCOc1ccc(-c2cn3c(C)c(N)ccc3n2)cc1. The van der Waals surface area contributed by atoms with Crippen LogP contribution in [0.5, 0.6) is 5.75 Å². The first-order valence-corrected chi connectivity index (χ1v) is 6.66. The summed E-state index contributed by atoms with van der Waals surface area (Å²) >= 11 is 0. The van der Waals surface area contributed by atoms with E-state index in [1.54, 1.807) is 0 Å². The Bertz CT molecular complexity index is 744. The average molecular weight is 267 g/mol. The standard InChI is InChI=1S/C16H17N3O/c1-3-20-13-6-4-12(5-7-13)15-10-19-11(2)14(17)8-9-16(19)18-15/h4-10H,3,17H2,1-2H3. The lowest BCUT2D eigenvalue weighted by Crippen LogP contribution is -1.96. The molecule has 0 fully saturated rings. The predicted molar refractivity (Wildman–Crippen MR) is 80.9 cm³/mol. The van der Waals surface area contributed by atoms with E-state index in [-0.39, 0.29) is 0 Å². The number of nitrogens with zero attached hydrogens (tertiary/aromatic N) is 2. The maximum atomic E-state index is 5.92. The number of hydrogen-bond acceptors (Lipinski definition) is 3. The second-order valence-corrected chi connectivity index (χ2v) is 4.69. The van der Waals surface area contributed by atoms with Gasteiger partial charge in [-0.15, -0.1) is 0 Å². The van der Waals surface area contributed by atoms with E-state index < -0.39 is 0 Å². The number of pyridine rings is 1. The molecule has 0 unspecified atom stereocenters. The Morgan fingerprint density at radius 3 is 2.60 bits per heavy atom. The van der Waals surface area contributed by atoms with Crippen molar-refractivity contribution in [3.8, 4) is 17.0 Å². The van der Waals surface area contributed by atoms with Gasteiger partial charge < -0.3 is 14.9 Å². The molecule has 4 nitrogen and oxygen atoms in total. The van der Waals surface area contributed by atoms with Gasteiger partial charge in [0.1, 0.15) is 11.4 Å². The Balaban J connectivity index is 2.03. The summed E-state index contributed by atoms with van der Waals surface area (Å²) < 4.78 is 7.46. The summed E-state index contributed by atoms with van der Waals surface area (Å²) in [5.41, 5.74) is 10.6. The summed E-state index contributed by atoms with van der Waals surface area (Å²) in [5.74, 6) is 0.875. The minimum absolute atomic E-state index is 0.673. The van der Waals surface area contributed by atoms with Crippen molar-refractivity contribution in [2.45, 2.75) is 13.8 Å². The number of benzene rings is 1. The van der Waals surface area contributed by atoms with Crippen LogP contribution in [-0.4, -0.2) is 16.0 Å². The van der Waals surface area contributed by atoms with Gasteiger partial charge in [-0.05, 0) is 50.2 Å². The molecule has 4 heteroatoms. The number of nitrogen functional groups attached to an aromatic ring is 1. The fraction of sp³-hybridized carbons (Fsp3) is 0.188. The van der Waals surface area contributed by atoms with Crippen molar-refractivity contribution in [1.29, 1.82) is 0 Å². The third-order valence-corrected chi connectivity index (χ3v) is 3.39. The van der Waals surface area contributed by atoms with Crippen molar-refractivity contribution in [3.05, 3.63) is 48.3 Å². The van der Waals surface area contributed by atoms with Crippen LogP contribution >= 0.6 is 0 Å². The van der Waals surface area contributed by atoms with Crippen LogP contribution in [0.3, 0.4) is 0 Å². The van der Waals surface area contributed by atoms with E-state index in [1.807, 2.05) is 60.8 Å². The van der Waals surface area contributed by atoms with E-state index in [0.29, 0.717) is 6.61 Å². The molecule has 20 heavy (non-hydrogen) atoms. The number of nitrogens with two attached hydrogens (primary N) is 1. The molecule has 0 atom stereocenters. The molecule has 3 aromatic rings. The van der Waals surface area contributed by atoms with Crippen LogP contribution in [-0.2, 0) is 0 Å². The molecular weight excluding hydrogens is 250 g/mol. The van der Waals surface area contributed by atoms with Crippen LogP contribution in [0.1, 0.15) is 12.6 Å². The lowest BCUT2D eigenvalue weighted by molar-refractivity contribution is 0.340. The number of anilines is 1. The second kappa shape index (κ2) is 4.89. The second-order valence-electron chi connectivity index (χ2n) is 4.69.